The molecule has 4 nitrogen and oxygen atoms in total. The van der Waals surface area contributed by atoms with Crippen LogP contribution in [0.4, 0.5) is 4.39 Å². The van der Waals surface area contributed by atoms with Gasteiger partial charge in [-0.1, -0.05) is 13.8 Å². The van der Waals surface area contributed by atoms with Crippen molar-refractivity contribution in [2.75, 3.05) is 14.1 Å². The van der Waals surface area contributed by atoms with Crippen LogP contribution in [0.25, 0.3) is 0 Å². The van der Waals surface area contributed by atoms with Crippen LogP contribution < -0.4 is 5.32 Å². The summed E-state index contributed by atoms with van der Waals surface area (Å²) in [6, 6.07) is 3.41. The largest absolute Gasteiger partial charge is 0.347 e. The molecule has 1 unspecified atom stereocenters. The van der Waals surface area contributed by atoms with Gasteiger partial charge in [0, 0.05) is 19.7 Å². The molecule has 116 valence electrons. The highest BCUT2D eigenvalue weighted by Gasteiger charge is 2.24. The molecule has 0 fully saturated rings. The van der Waals surface area contributed by atoms with Crippen molar-refractivity contribution < 1.29 is 14.0 Å². The van der Waals surface area contributed by atoms with Gasteiger partial charge in [-0.2, -0.15) is 0 Å². The summed E-state index contributed by atoms with van der Waals surface area (Å²) >= 11 is 0. The third-order valence-corrected chi connectivity index (χ3v) is 3.18. The van der Waals surface area contributed by atoms with E-state index in [1.807, 2.05) is 13.8 Å². The van der Waals surface area contributed by atoms with Gasteiger partial charge in [0.15, 0.2) is 0 Å². The smallest absolute Gasteiger partial charge is 0.252 e. The first kappa shape index (κ1) is 17.1. The molecule has 1 aromatic rings. The molecule has 21 heavy (non-hydrogen) atoms. The summed E-state index contributed by atoms with van der Waals surface area (Å²) in [7, 11) is 3.32. The van der Waals surface area contributed by atoms with Gasteiger partial charge in [0.2, 0.25) is 5.91 Å². The molecule has 0 saturated carbocycles. The number of nitrogens with one attached hydrogen (secondary N) is 1. The number of hydrogen-bond donors (Lipinski definition) is 1. The number of carbonyl (C=O) groups is 2. The standard InChI is InChI=1S/C16H23FN2O2/c1-10(2)8-14(16(21)19(4)5)18-15(20)13-7-6-12(17)9-11(13)3/h6-7,9-10,14H,8H2,1-5H3,(H,18,20). The number of nitrogens with zero attached hydrogens (tertiary/aromatic N) is 1. The Balaban J connectivity index is 2.92. The lowest BCUT2D eigenvalue weighted by atomic mass is 10.0. The highest BCUT2D eigenvalue weighted by Crippen LogP contribution is 2.12. The van der Waals surface area contributed by atoms with Crippen molar-refractivity contribution in [1.82, 2.24) is 10.2 Å². The van der Waals surface area contributed by atoms with Gasteiger partial charge >= 0.3 is 0 Å². The molecule has 0 aliphatic heterocycles. The summed E-state index contributed by atoms with van der Waals surface area (Å²) in [5.74, 6) is -0.606. The molecule has 5 heteroatoms. The van der Waals surface area contributed by atoms with E-state index < -0.39 is 6.04 Å². The minimum Gasteiger partial charge on any atom is -0.347 e. The first-order chi connectivity index (χ1) is 9.72. The Morgan fingerprint density at radius 1 is 1.29 bits per heavy atom. The van der Waals surface area contributed by atoms with Gasteiger partial charge in [0.05, 0.1) is 0 Å². The normalized spacial score (nSPS) is 12.1. The van der Waals surface area contributed by atoms with Gasteiger partial charge in [0.1, 0.15) is 11.9 Å². The summed E-state index contributed by atoms with van der Waals surface area (Å²) in [6.07, 6.45) is 0.559. The van der Waals surface area contributed by atoms with Crippen LogP contribution in [0.15, 0.2) is 18.2 Å². The predicted octanol–water partition coefficient (Wildman–Crippen LogP) is 2.37. The molecule has 0 saturated heterocycles. The minimum atomic E-state index is -0.572. The molecule has 1 atom stereocenters. The zero-order chi connectivity index (χ0) is 16.2. The zero-order valence-corrected chi connectivity index (χ0v) is 13.2. The number of benzene rings is 1. The molecule has 0 radical (unpaired) electrons. The molecule has 0 bridgehead atoms. The van der Waals surface area contributed by atoms with Crippen molar-refractivity contribution in [3.63, 3.8) is 0 Å². The molecule has 0 aliphatic rings. The van der Waals surface area contributed by atoms with Gasteiger partial charge in [-0.25, -0.2) is 4.39 Å². The second-order valence-electron chi connectivity index (χ2n) is 5.85. The van der Waals surface area contributed by atoms with E-state index in [9.17, 15) is 14.0 Å². The fourth-order valence-corrected chi connectivity index (χ4v) is 2.12. The van der Waals surface area contributed by atoms with Crippen LogP contribution in [0.5, 0.6) is 0 Å². The van der Waals surface area contributed by atoms with Crippen LogP contribution in [0, 0.1) is 18.7 Å². The topological polar surface area (TPSA) is 49.4 Å². The van der Waals surface area contributed by atoms with Crippen LogP contribution in [0.3, 0.4) is 0 Å². The van der Waals surface area contributed by atoms with Gasteiger partial charge in [-0.05, 0) is 43.0 Å². The summed E-state index contributed by atoms with van der Waals surface area (Å²) in [6.45, 7) is 5.65. The lowest BCUT2D eigenvalue weighted by molar-refractivity contribution is -0.131. The Kier molecular flexibility index (Phi) is 5.88. The number of hydrogen-bond acceptors (Lipinski definition) is 2. The average Bonchev–Trinajstić information content (AvgIpc) is 2.36. The van der Waals surface area contributed by atoms with Crippen molar-refractivity contribution in [3.8, 4) is 0 Å². The third-order valence-electron chi connectivity index (χ3n) is 3.18. The van der Waals surface area contributed by atoms with Crippen LogP contribution in [-0.4, -0.2) is 36.9 Å². The van der Waals surface area contributed by atoms with E-state index in [2.05, 4.69) is 5.32 Å². The molecule has 1 rings (SSSR count). The second kappa shape index (κ2) is 7.20. The molecule has 0 spiro atoms. The average molecular weight is 294 g/mol. The molecular weight excluding hydrogens is 271 g/mol. The maximum absolute atomic E-state index is 13.1. The first-order valence-corrected chi connectivity index (χ1v) is 7.00. The van der Waals surface area contributed by atoms with Crippen molar-refractivity contribution in [3.05, 3.63) is 35.1 Å². The lowest BCUT2D eigenvalue weighted by Crippen LogP contribution is -2.47. The van der Waals surface area contributed by atoms with E-state index in [1.165, 1.54) is 23.1 Å². The zero-order valence-electron chi connectivity index (χ0n) is 13.2. The highest BCUT2D eigenvalue weighted by molar-refractivity contribution is 5.98. The van der Waals surface area contributed by atoms with Crippen LogP contribution in [0.2, 0.25) is 0 Å². The Labute approximate surface area is 125 Å². The van der Waals surface area contributed by atoms with E-state index in [0.29, 0.717) is 17.5 Å². The summed E-state index contributed by atoms with van der Waals surface area (Å²) < 4.78 is 13.1. The van der Waals surface area contributed by atoms with Gasteiger partial charge < -0.3 is 10.2 Å². The summed E-state index contributed by atoms with van der Waals surface area (Å²) in [4.78, 5) is 25.9. The molecule has 0 heterocycles. The van der Waals surface area contributed by atoms with E-state index in [4.69, 9.17) is 0 Å². The number of halogens is 1. The number of aryl methyl sites for hydroxylation is 1. The molecule has 1 aromatic carbocycles. The summed E-state index contributed by atoms with van der Waals surface area (Å²) in [5, 5.41) is 2.75. The SMILES string of the molecule is Cc1cc(F)ccc1C(=O)NC(CC(C)C)C(=O)N(C)C. The fourth-order valence-electron chi connectivity index (χ4n) is 2.12. The lowest BCUT2D eigenvalue weighted by Gasteiger charge is -2.23. The van der Waals surface area contributed by atoms with Crippen LogP contribution >= 0.6 is 0 Å². The maximum Gasteiger partial charge on any atom is 0.252 e. The number of likely N-dealkylation sites (N-methyl/N-ethyl adjacent to an activating group) is 1. The Hall–Kier alpha value is -1.91. The number of amides is 2. The Morgan fingerprint density at radius 2 is 1.90 bits per heavy atom. The van der Waals surface area contributed by atoms with Crippen molar-refractivity contribution >= 4 is 11.8 Å². The van der Waals surface area contributed by atoms with E-state index in [0.717, 1.165) is 0 Å². The molecule has 2 amide bonds. The van der Waals surface area contributed by atoms with E-state index in [-0.39, 0.29) is 23.5 Å². The third kappa shape index (κ3) is 4.85. The number of carbonyl (C=O) groups excluding carboxylic acids is 2. The Bertz CT molecular complexity index is 527. The van der Waals surface area contributed by atoms with Crippen molar-refractivity contribution in [2.24, 2.45) is 5.92 Å². The minimum absolute atomic E-state index is 0.142. The van der Waals surface area contributed by atoms with Crippen LogP contribution in [0.1, 0.15) is 36.2 Å². The van der Waals surface area contributed by atoms with Gasteiger partial charge in [-0.3, -0.25) is 9.59 Å². The van der Waals surface area contributed by atoms with Crippen LogP contribution in [-0.2, 0) is 4.79 Å². The molecule has 1 N–H and O–H groups in total. The van der Waals surface area contributed by atoms with Crippen molar-refractivity contribution in [2.45, 2.75) is 33.2 Å². The Morgan fingerprint density at radius 3 is 2.38 bits per heavy atom. The predicted molar refractivity (Wildman–Crippen MR) is 80.5 cm³/mol. The maximum atomic E-state index is 13.1. The fraction of sp³-hybridized carbons (Fsp3) is 0.500. The quantitative estimate of drug-likeness (QED) is 0.906. The van der Waals surface area contributed by atoms with E-state index >= 15 is 0 Å². The molecule has 0 aliphatic carbocycles. The highest BCUT2D eigenvalue weighted by atomic mass is 19.1. The van der Waals surface area contributed by atoms with Crippen molar-refractivity contribution in [1.29, 1.82) is 0 Å². The van der Waals surface area contributed by atoms with Gasteiger partial charge in [-0.15, -0.1) is 0 Å². The first-order valence-electron chi connectivity index (χ1n) is 7.00. The monoisotopic (exact) mass is 294 g/mol. The molecule has 0 aromatic heterocycles. The van der Waals surface area contributed by atoms with E-state index in [1.54, 1.807) is 21.0 Å². The summed E-state index contributed by atoms with van der Waals surface area (Å²) in [5.41, 5.74) is 0.935. The molecular formula is C16H23FN2O2. The van der Waals surface area contributed by atoms with Gasteiger partial charge in [0.25, 0.3) is 5.91 Å². The second-order valence-corrected chi connectivity index (χ2v) is 5.85. The number of rotatable bonds is 5.